The molecule has 0 aliphatic rings. The summed E-state index contributed by atoms with van der Waals surface area (Å²) >= 11 is 0. The first-order chi connectivity index (χ1) is 9.59. The maximum atomic E-state index is 11.3. The van der Waals surface area contributed by atoms with Crippen molar-refractivity contribution < 1.29 is 19.8 Å². The lowest BCUT2D eigenvalue weighted by atomic mass is 9.98. The molecule has 0 radical (unpaired) electrons. The summed E-state index contributed by atoms with van der Waals surface area (Å²) in [5.74, 6) is -2.36. The van der Waals surface area contributed by atoms with Crippen molar-refractivity contribution in [2.75, 3.05) is 0 Å². The molecule has 0 aliphatic carbocycles. The van der Waals surface area contributed by atoms with Gasteiger partial charge in [-0.3, -0.25) is 0 Å². The molecule has 0 aliphatic heterocycles. The highest BCUT2D eigenvalue weighted by Crippen LogP contribution is 2.28. The van der Waals surface area contributed by atoms with Crippen LogP contribution in [0.15, 0.2) is 24.3 Å². The van der Waals surface area contributed by atoms with Crippen LogP contribution in [-0.2, 0) is 0 Å². The Morgan fingerprint density at radius 2 is 1.65 bits per heavy atom. The van der Waals surface area contributed by atoms with Gasteiger partial charge in [0, 0.05) is 5.39 Å². The lowest BCUT2D eigenvalue weighted by Crippen LogP contribution is -2.05. The van der Waals surface area contributed by atoms with Crippen LogP contribution in [0.25, 0.3) is 21.8 Å². The zero-order valence-corrected chi connectivity index (χ0v) is 9.81. The third kappa shape index (κ3) is 1.62. The topological polar surface area (TPSA) is 126 Å². The van der Waals surface area contributed by atoms with Gasteiger partial charge in [-0.15, -0.1) is 10.2 Å². The minimum Gasteiger partial charge on any atom is -0.478 e. The fraction of sp³-hybridized carbons (Fsp3) is 0. The van der Waals surface area contributed by atoms with E-state index in [1.807, 2.05) is 0 Å². The van der Waals surface area contributed by atoms with E-state index in [1.54, 1.807) is 0 Å². The average Bonchev–Trinajstić information content (AvgIpc) is 2.45. The summed E-state index contributed by atoms with van der Waals surface area (Å²) in [4.78, 5) is 22.6. The quantitative estimate of drug-likeness (QED) is 0.659. The lowest BCUT2D eigenvalue weighted by Gasteiger charge is -2.07. The van der Waals surface area contributed by atoms with Crippen molar-refractivity contribution in [2.45, 2.75) is 0 Å². The maximum Gasteiger partial charge on any atom is 0.336 e. The van der Waals surface area contributed by atoms with E-state index in [2.05, 4.69) is 20.6 Å². The molecule has 98 valence electrons. The number of carbonyl (C=O) groups is 2. The van der Waals surface area contributed by atoms with Crippen molar-refractivity contribution in [1.29, 1.82) is 0 Å². The summed E-state index contributed by atoms with van der Waals surface area (Å²) in [5.41, 5.74) is 0.271. The predicted molar refractivity (Wildman–Crippen MR) is 66.6 cm³/mol. The molecule has 0 unspecified atom stereocenters. The van der Waals surface area contributed by atoms with E-state index in [4.69, 9.17) is 0 Å². The van der Waals surface area contributed by atoms with Crippen LogP contribution >= 0.6 is 0 Å². The van der Waals surface area contributed by atoms with Gasteiger partial charge in [-0.2, -0.15) is 0 Å². The van der Waals surface area contributed by atoms with Crippen molar-refractivity contribution in [3.05, 3.63) is 35.4 Å². The first-order valence-corrected chi connectivity index (χ1v) is 5.47. The average molecular weight is 270 g/mol. The van der Waals surface area contributed by atoms with Gasteiger partial charge in [0.1, 0.15) is 11.0 Å². The van der Waals surface area contributed by atoms with E-state index in [1.165, 1.54) is 24.3 Å². The molecular formula is C12H6N4O4. The number of fused-ring (bicyclic) bond motifs is 3. The van der Waals surface area contributed by atoms with Crippen LogP contribution in [0.1, 0.15) is 20.7 Å². The van der Waals surface area contributed by atoms with E-state index in [-0.39, 0.29) is 32.9 Å². The first-order valence-electron chi connectivity index (χ1n) is 5.47. The number of aromatic nitrogens is 4. The van der Waals surface area contributed by atoms with Gasteiger partial charge in [0.25, 0.3) is 0 Å². The van der Waals surface area contributed by atoms with Gasteiger partial charge in [0.2, 0.25) is 0 Å². The Labute approximate surface area is 110 Å². The SMILES string of the molecule is O=C(O)c1cc2nnnnc2c2c(C(=O)O)cccc12. The van der Waals surface area contributed by atoms with Crippen molar-refractivity contribution in [3.63, 3.8) is 0 Å². The van der Waals surface area contributed by atoms with E-state index >= 15 is 0 Å². The van der Waals surface area contributed by atoms with Crippen LogP contribution in [0.4, 0.5) is 0 Å². The van der Waals surface area contributed by atoms with Gasteiger partial charge in [-0.05, 0) is 27.9 Å². The Bertz CT molecular complexity index is 866. The fourth-order valence-corrected chi connectivity index (χ4v) is 2.11. The normalized spacial score (nSPS) is 10.8. The number of rotatable bonds is 2. The van der Waals surface area contributed by atoms with Gasteiger partial charge in [0.05, 0.1) is 11.1 Å². The third-order valence-electron chi connectivity index (χ3n) is 2.91. The molecule has 3 rings (SSSR count). The molecule has 0 amide bonds. The van der Waals surface area contributed by atoms with Gasteiger partial charge in [-0.25, -0.2) is 9.59 Å². The zero-order chi connectivity index (χ0) is 14.3. The number of carboxylic acids is 2. The number of carboxylic acid groups (broad SMARTS) is 2. The Morgan fingerprint density at radius 1 is 0.950 bits per heavy atom. The number of hydrogen-bond acceptors (Lipinski definition) is 6. The molecule has 0 atom stereocenters. The molecule has 0 bridgehead atoms. The molecule has 0 saturated heterocycles. The Kier molecular flexibility index (Phi) is 2.50. The molecule has 0 spiro atoms. The zero-order valence-electron chi connectivity index (χ0n) is 9.81. The molecular weight excluding hydrogens is 264 g/mol. The van der Waals surface area contributed by atoms with Gasteiger partial charge in [0.15, 0.2) is 0 Å². The standard InChI is InChI=1S/C12H6N4O4/c17-11(18)6-3-1-2-5-7(12(19)20)4-8-10(9(5)6)14-16-15-13-8/h1-4H,(H,17,18)(H,19,20). The van der Waals surface area contributed by atoms with E-state index in [0.717, 1.165) is 0 Å². The van der Waals surface area contributed by atoms with Crippen LogP contribution in [0.3, 0.4) is 0 Å². The summed E-state index contributed by atoms with van der Waals surface area (Å²) in [5, 5.41) is 33.1. The van der Waals surface area contributed by atoms with Crippen molar-refractivity contribution in [2.24, 2.45) is 0 Å². The largest absolute Gasteiger partial charge is 0.478 e. The van der Waals surface area contributed by atoms with Gasteiger partial charge < -0.3 is 10.2 Å². The Morgan fingerprint density at radius 3 is 2.35 bits per heavy atom. The number of aromatic carboxylic acids is 2. The molecule has 0 fully saturated rings. The number of benzene rings is 2. The van der Waals surface area contributed by atoms with Crippen molar-refractivity contribution in [1.82, 2.24) is 20.6 Å². The Balaban J connectivity index is 2.63. The molecule has 8 nitrogen and oxygen atoms in total. The van der Waals surface area contributed by atoms with Crippen molar-refractivity contribution in [3.8, 4) is 0 Å². The molecule has 3 aromatic rings. The summed E-state index contributed by atoms with van der Waals surface area (Å²) in [6, 6.07) is 5.67. The Hall–Kier alpha value is -3.16. The van der Waals surface area contributed by atoms with Crippen LogP contribution in [0.2, 0.25) is 0 Å². The van der Waals surface area contributed by atoms with Gasteiger partial charge >= 0.3 is 11.9 Å². The summed E-state index contributed by atoms with van der Waals surface area (Å²) in [7, 11) is 0. The lowest BCUT2D eigenvalue weighted by molar-refractivity contribution is 0.0686. The smallest absolute Gasteiger partial charge is 0.336 e. The van der Waals surface area contributed by atoms with Crippen molar-refractivity contribution >= 4 is 33.7 Å². The van der Waals surface area contributed by atoms with E-state index in [9.17, 15) is 19.8 Å². The molecule has 2 N–H and O–H groups in total. The number of hydrogen-bond donors (Lipinski definition) is 2. The second kappa shape index (κ2) is 4.19. The second-order valence-corrected chi connectivity index (χ2v) is 4.01. The monoisotopic (exact) mass is 270 g/mol. The minimum atomic E-state index is -1.18. The molecule has 0 saturated carbocycles. The minimum absolute atomic E-state index is 0.0575. The van der Waals surface area contributed by atoms with Gasteiger partial charge in [-0.1, -0.05) is 12.1 Å². The number of nitrogens with zero attached hydrogens (tertiary/aromatic N) is 4. The highest BCUT2D eigenvalue weighted by molar-refractivity contribution is 6.19. The predicted octanol–water partition coefficient (Wildman–Crippen LogP) is 0.969. The molecule has 8 heteroatoms. The highest BCUT2D eigenvalue weighted by atomic mass is 16.4. The maximum absolute atomic E-state index is 11.3. The highest BCUT2D eigenvalue weighted by Gasteiger charge is 2.19. The van der Waals surface area contributed by atoms with E-state index < -0.39 is 11.9 Å². The van der Waals surface area contributed by atoms with Crippen LogP contribution < -0.4 is 0 Å². The van der Waals surface area contributed by atoms with Crippen LogP contribution in [-0.4, -0.2) is 42.8 Å². The summed E-state index contributed by atoms with van der Waals surface area (Å²) in [6.45, 7) is 0. The van der Waals surface area contributed by atoms with E-state index in [0.29, 0.717) is 0 Å². The first kappa shape index (κ1) is 11.9. The van der Waals surface area contributed by atoms with Crippen LogP contribution in [0, 0.1) is 0 Å². The summed E-state index contributed by atoms with van der Waals surface area (Å²) < 4.78 is 0. The fourth-order valence-electron chi connectivity index (χ4n) is 2.11. The third-order valence-corrected chi connectivity index (χ3v) is 2.91. The molecule has 20 heavy (non-hydrogen) atoms. The molecule has 1 aromatic heterocycles. The summed E-state index contributed by atoms with van der Waals surface area (Å²) in [6.07, 6.45) is 0. The van der Waals surface area contributed by atoms with Crippen LogP contribution in [0.5, 0.6) is 0 Å². The molecule has 2 aromatic carbocycles. The second-order valence-electron chi connectivity index (χ2n) is 4.01. The molecule has 1 heterocycles.